The van der Waals surface area contributed by atoms with Crippen molar-refractivity contribution >= 4 is 28.2 Å². The van der Waals surface area contributed by atoms with Crippen molar-refractivity contribution in [1.29, 1.82) is 0 Å². The van der Waals surface area contributed by atoms with E-state index in [-0.39, 0.29) is 0 Å². The van der Waals surface area contributed by atoms with Crippen LogP contribution in [0.15, 0.2) is 0 Å². The molecule has 0 bridgehead atoms. The first kappa shape index (κ1) is 16.1. The first-order valence-electron chi connectivity index (χ1n) is 7.47. The molecule has 0 aromatic carbocycles. The lowest BCUT2D eigenvalue weighted by Crippen LogP contribution is -2.30. The van der Waals surface area contributed by atoms with Gasteiger partial charge in [0, 0.05) is 36.3 Å². The molecule has 20 heavy (non-hydrogen) atoms. The van der Waals surface area contributed by atoms with Crippen LogP contribution in [0.3, 0.4) is 0 Å². The van der Waals surface area contributed by atoms with E-state index in [4.69, 9.17) is 4.98 Å². The van der Waals surface area contributed by atoms with Crippen molar-refractivity contribution in [2.75, 3.05) is 24.0 Å². The largest absolute Gasteiger partial charge is 0.348 e. The lowest BCUT2D eigenvalue weighted by Gasteiger charge is -2.23. The van der Waals surface area contributed by atoms with Gasteiger partial charge in [0.05, 0.1) is 5.69 Å². The lowest BCUT2D eigenvalue weighted by molar-refractivity contribution is 0.680. The smallest absolute Gasteiger partial charge is 0.185 e. The first-order chi connectivity index (χ1) is 9.52. The highest BCUT2D eigenvalue weighted by Crippen LogP contribution is 2.32. The van der Waals surface area contributed by atoms with E-state index >= 15 is 0 Å². The number of anilines is 1. The predicted molar refractivity (Wildman–Crippen MR) is 92.3 cm³/mol. The van der Waals surface area contributed by atoms with E-state index in [2.05, 4.69) is 44.3 Å². The minimum absolute atomic E-state index is 0.500. The number of hydrogen-bond donors (Lipinski definition) is 1. The standard InChI is InChI=1S/C15H27N3S2/c1-10(2)14-13(8-16-12-6-7-12)20-15(17-14)18(4)11(3)9-19-5/h10-12,16H,6-9H2,1-5H3. The second kappa shape index (κ2) is 7.14. The summed E-state index contributed by atoms with van der Waals surface area (Å²) in [4.78, 5) is 8.65. The van der Waals surface area contributed by atoms with Crippen LogP contribution in [0, 0.1) is 0 Å². The quantitative estimate of drug-likeness (QED) is 0.792. The molecule has 1 aliphatic carbocycles. The molecule has 1 saturated carbocycles. The van der Waals surface area contributed by atoms with Gasteiger partial charge in [-0.2, -0.15) is 11.8 Å². The Morgan fingerprint density at radius 1 is 1.40 bits per heavy atom. The van der Waals surface area contributed by atoms with Crippen LogP contribution in [-0.2, 0) is 6.54 Å². The van der Waals surface area contributed by atoms with Gasteiger partial charge >= 0.3 is 0 Å². The molecule has 1 N–H and O–H groups in total. The average molecular weight is 314 g/mol. The van der Waals surface area contributed by atoms with Gasteiger partial charge in [0.15, 0.2) is 5.13 Å². The molecule has 2 rings (SSSR count). The van der Waals surface area contributed by atoms with Crippen LogP contribution in [0.5, 0.6) is 0 Å². The first-order valence-corrected chi connectivity index (χ1v) is 9.68. The van der Waals surface area contributed by atoms with E-state index in [0.29, 0.717) is 12.0 Å². The minimum atomic E-state index is 0.500. The van der Waals surface area contributed by atoms with E-state index in [1.54, 1.807) is 0 Å². The average Bonchev–Trinajstić information content (AvgIpc) is 3.13. The Kier molecular flexibility index (Phi) is 5.75. The Labute approximate surface area is 131 Å². The van der Waals surface area contributed by atoms with E-state index in [1.807, 2.05) is 23.1 Å². The third-order valence-corrected chi connectivity index (χ3v) is 5.74. The predicted octanol–water partition coefficient (Wildman–Crippen LogP) is 3.71. The highest BCUT2D eigenvalue weighted by atomic mass is 32.2. The fraction of sp³-hybridized carbons (Fsp3) is 0.800. The fourth-order valence-electron chi connectivity index (χ4n) is 2.15. The van der Waals surface area contributed by atoms with E-state index in [0.717, 1.165) is 18.3 Å². The normalized spacial score (nSPS) is 16.7. The molecule has 1 aromatic heterocycles. The molecule has 1 atom stereocenters. The molecule has 0 saturated heterocycles. The molecule has 3 nitrogen and oxygen atoms in total. The number of thioether (sulfide) groups is 1. The summed E-state index contributed by atoms with van der Waals surface area (Å²) in [5, 5.41) is 4.79. The van der Waals surface area contributed by atoms with Crippen molar-refractivity contribution in [3.8, 4) is 0 Å². The number of nitrogens with zero attached hydrogens (tertiary/aromatic N) is 2. The molecule has 5 heteroatoms. The van der Waals surface area contributed by atoms with Crippen molar-refractivity contribution < 1.29 is 0 Å². The third kappa shape index (κ3) is 4.12. The molecule has 114 valence electrons. The van der Waals surface area contributed by atoms with Crippen LogP contribution < -0.4 is 10.2 Å². The van der Waals surface area contributed by atoms with Gasteiger partial charge in [0.1, 0.15) is 0 Å². The zero-order valence-electron chi connectivity index (χ0n) is 13.3. The minimum Gasteiger partial charge on any atom is -0.348 e. The number of hydrogen-bond acceptors (Lipinski definition) is 5. The number of aromatic nitrogens is 1. The Balaban J connectivity index is 2.10. The molecule has 0 radical (unpaired) electrons. The van der Waals surface area contributed by atoms with Crippen LogP contribution in [0.4, 0.5) is 5.13 Å². The topological polar surface area (TPSA) is 28.2 Å². The van der Waals surface area contributed by atoms with Gasteiger partial charge < -0.3 is 10.2 Å². The molecule has 0 spiro atoms. The maximum atomic E-state index is 4.91. The van der Waals surface area contributed by atoms with Crippen molar-refractivity contribution in [2.45, 2.75) is 58.2 Å². The third-order valence-electron chi connectivity index (χ3n) is 3.76. The summed E-state index contributed by atoms with van der Waals surface area (Å²) in [7, 11) is 2.17. The maximum Gasteiger partial charge on any atom is 0.185 e. The Hall–Kier alpha value is -0.260. The molecular formula is C15H27N3S2. The SMILES string of the molecule is CSCC(C)N(C)c1nc(C(C)C)c(CNC2CC2)s1. The zero-order valence-corrected chi connectivity index (χ0v) is 14.9. The highest BCUT2D eigenvalue weighted by molar-refractivity contribution is 7.98. The van der Waals surface area contributed by atoms with Crippen LogP contribution in [-0.4, -0.2) is 36.1 Å². The maximum absolute atomic E-state index is 4.91. The van der Waals surface area contributed by atoms with Gasteiger partial charge in [-0.15, -0.1) is 11.3 Å². The molecule has 0 amide bonds. The van der Waals surface area contributed by atoms with Gasteiger partial charge in [-0.05, 0) is 31.9 Å². The molecule has 1 unspecified atom stereocenters. The van der Waals surface area contributed by atoms with Gasteiger partial charge in [-0.25, -0.2) is 4.98 Å². The summed E-state index contributed by atoms with van der Waals surface area (Å²) in [6, 6.07) is 1.29. The lowest BCUT2D eigenvalue weighted by atomic mass is 10.1. The van der Waals surface area contributed by atoms with Crippen LogP contribution >= 0.6 is 23.1 Å². The number of thiazole rings is 1. The van der Waals surface area contributed by atoms with E-state index in [9.17, 15) is 0 Å². The summed E-state index contributed by atoms with van der Waals surface area (Å²) in [6.07, 6.45) is 4.84. The van der Waals surface area contributed by atoms with Crippen LogP contribution in [0.2, 0.25) is 0 Å². The van der Waals surface area contributed by atoms with Gasteiger partial charge in [0.25, 0.3) is 0 Å². The monoisotopic (exact) mass is 313 g/mol. The van der Waals surface area contributed by atoms with Gasteiger partial charge in [-0.1, -0.05) is 13.8 Å². The Morgan fingerprint density at radius 2 is 2.10 bits per heavy atom. The van der Waals surface area contributed by atoms with Crippen molar-refractivity contribution in [2.24, 2.45) is 0 Å². The molecular weight excluding hydrogens is 286 g/mol. The summed E-state index contributed by atoms with van der Waals surface area (Å²) in [5.74, 6) is 1.64. The van der Waals surface area contributed by atoms with Crippen molar-refractivity contribution in [3.63, 3.8) is 0 Å². The number of nitrogens with one attached hydrogen (secondary N) is 1. The molecule has 1 fully saturated rings. The van der Waals surface area contributed by atoms with E-state index < -0.39 is 0 Å². The van der Waals surface area contributed by atoms with E-state index in [1.165, 1.54) is 28.5 Å². The summed E-state index contributed by atoms with van der Waals surface area (Å²) < 4.78 is 0. The van der Waals surface area contributed by atoms with Gasteiger partial charge in [-0.3, -0.25) is 0 Å². The molecule has 0 aliphatic heterocycles. The number of rotatable bonds is 8. The van der Waals surface area contributed by atoms with Crippen molar-refractivity contribution in [1.82, 2.24) is 10.3 Å². The van der Waals surface area contributed by atoms with Gasteiger partial charge in [0.2, 0.25) is 0 Å². The van der Waals surface area contributed by atoms with Crippen molar-refractivity contribution in [3.05, 3.63) is 10.6 Å². The van der Waals surface area contributed by atoms with Crippen LogP contribution in [0.1, 0.15) is 50.1 Å². The fourth-order valence-corrected chi connectivity index (χ4v) is 4.08. The Bertz CT molecular complexity index is 427. The summed E-state index contributed by atoms with van der Waals surface area (Å²) in [6.45, 7) is 7.74. The van der Waals surface area contributed by atoms with Crippen LogP contribution in [0.25, 0.3) is 0 Å². The zero-order chi connectivity index (χ0) is 14.7. The highest BCUT2D eigenvalue weighted by Gasteiger charge is 2.23. The molecule has 1 aliphatic rings. The summed E-state index contributed by atoms with van der Waals surface area (Å²) >= 11 is 3.76. The second-order valence-corrected chi connectivity index (χ2v) is 8.00. The summed E-state index contributed by atoms with van der Waals surface area (Å²) in [5.41, 5.74) is 1.28. The molecule has 1 heterocycles. The Morgan fingerprint density at radius 3 is 2.65 bits per heavy atom. The molecule has 1 aromatic rings. The second-order valence-electron chi connectivity index (χ2n) is 6.03.